The summed E-state index contributed by atoms with van der Waals surface area (Å²) in [5, 5.41) is 7.43. The van der Waals surface area contributed by atoms with Gasteiger partial charge in [0.05, 0.1) is 18.1 Å². The van der Waals surface area contributed by atoms with Gasteiger partial charge in [0.25, 0.3) is 11.8 Å². The average molecular weight is 1090 g/mol. The Kier molecular flexibility index (Phi) is 26.1. The fourth-order valence-corrected chi connectivity index (χ4v) is 9.77. The molecular formula is C52H81N6O17P. The molecule has 0 saturated carbocycles. The lowest BCUT2D eigenvalue weighted by Gasteiger charge is -2.38. The van der Waals surface area contributed by atoms with Gasteiger partial charge in [-0.1, -0.05) is 84.4 Å². The van der Waals surface area contributed by atoms with E-state index in [4.69, 9.17) is 23.5 Å². The van der Waals surface area contributed by atoms with E-state index in [1.165, 1.54) is 55.8 Å². The van der Waals surface area contributed by atoms with Crippen molar-refractivity contribution in [3.8, 4) is 0 Å². The molecule has 4 N–H and O–H groups in total. The predicted octanol–water partition coefficient (Wildman–Crippen LogP) is 2.84. The van der Waals surface area contributed by atoms with Crippen LogP contribution in [0.15, 0.2) is 42.6 Å². The maximum Gasteiger partial charge on any atom is 0.333 e. The van der Waals surface area contributed by atoms with Gasteiger partial charge < -0.3 is 63.8 Å². The molecule has 1 aromatic rings. The van der Waals surface area contributed by atoms with Crippen molar-refractivity contribution in [2.45, 2.75) is 169 Å². The lowest BCUT2D eigenvalue weighted by molar-refractivity contribution is -0.174. The highest BCUT2D eigenvalue weighted by molar-refractivity contribution is 7.52. The molecule has 1 aliphatic heterocycles. The smallest absolute Gasteiger partial charge is 0.333 e. The van der Waals surface area contributed by atoms with Crippen LogP contribution in [0.4, 0.5) is 0 Å². The third kappa shape index (κ3) is 18.9. The zero-order chi connectivity index (χ0) is 58.1. The Bertz CT molecular complexity index is 2300. The maximum atomic E-state index is 15.2. The van der Waals surface area contributed by atoms with Gasteiger partial charge >= 0.3 is 25.5 Å². The fraction of sp³-hybridized carbons (Fsp3) is 0.654. The number of ketones is 1. The van der Waals surface area contributed by atoms with Crippen molar-refractivity contribution in [2.75, 3.05) is 34.4 Å². The number of esters is 3. The number of nitrogens with zero attached hydrogens (tertiary/aromatic N) is 3. The number of cyclic esters (lactones) is 2. The summed E-state index contributed by atoms with van der Waals surface area (Å²) in [5.74, 6) is -12.7. The van der Waals surface area contributed by atoms with E-state index in [9.17, 15) is 52.6 Å². The minimum Gasteiger partial charge on any atom is -0.459 e. The van der Waals surface area contributed by atoms with Gasteiger partial charge in [-0.2, -0.15) is 0 Å². The summed E-state index contributed by atoms with van der Waals surface area (Å²) in [5.41, 5.74) is 0.0321. The van der Waals surface area contributed by atoms with Crippen LogP contribution in [0.5, 0.6) is 0 Å². The SMILES string of the molecule is C=C1C(=O)N[C@@H](C)C(=O)N(C)[C@@H](C)C(=O)N[C@@H]([C@H](OC(=O)[C@@H](CC(C)=O)[C@H](OP(=O)(O)CCCCC)C(C)C)C(C)C)C(=O)N(C)[C@@H]([C@@H](C)OC)C(=O)O[C@H](C)[C@H](NC(C)=O)C(=O)O[C@H](Cc2ccccc2)C(=O)N1C. The van der Waals surface area contributed by atoms with E-state index in [1.807, 2.05) is 6.92 Å². The van der Waals surface area contributed by atoms with Gasteiger partial charge in [0.1, 0.15) is 41.8 Å². The van der Waals surface area contributed by atoms with Gasteiger partial charge in [0.2, 0.25) is 23.6 Å². The van der Waals surface area contributed by atoms with E-state index in [2.05, 4.69) is 22.5 Å². The largest absolute Gasteiger partial charge is 0.459 e. The summed E-state index contributed by atoms with van der Waals surface area (Å²) in [6.07, 6.45) is -6.73. The average Bonchev–Trinajstić information content (AvgIpc) is 3.35. The Balaban J connectivity index is 2.92. The predicted molar refractivity (Wildman–Crippen MR) is 277 cm³/mol. The standard InChI is InChI=1S/C52H81N6O17P/c1-17-18-22-25-76(69,70)75-43(28(2)3)38(26-30(6)59)50(66)74-44(29(4)5)41-49(65)58(15)42(35(11)71-16)52(68)72-34(10)40(54-36(12)60)51(67)73-39(27-37-23-20-19-21-24-37)48(64)57(14)32(8)45(61)53-31(7)47(63)56(13)33(9)46(62)55-41/h19-21,23-24,28-29,31,33-35,38-44H,8,17-18,22,25-27H2,1-7,9-16H3,(H,53,61)(H,54,60)(H,55,62)(H,69,70)/t31-,33-,34+,35+,38-,39+,40-,41-,42-,43+,44+/m0/s1. The van der Waals surface area contributed by atoms with Crippen LogP contribution < -0.4 is 16.0 Å². The van der Waals surface area contributed by atoms with Crippen LogP contribution in [0.2, 0.25) is 0 Å². The molecule has 1 heterocycles. The Morgan fingerprint density at radius 3 is 1.97 bits per heavy atom. The molecule has 0 aromatic heterocycles. The van der Waals surface area contributed by atoms with Crippen molar-refractivity contribution in [1.82, 2.24) is 30.7 Å². The molecule has 1 aliphatic rings. The summed E-state index contributed by atoms with van der Waals surface area (Å²) in [4.78, 5) is 154. The van der Waals surface area contributed by atoms with Gasteiger partial charge in [-0.15, -0.1) is 0 Å². The number of hydrogen-bond acceptors (Lipinski definition) is 16. The summed E-state index contributed by atoms with van der Waals surface area (Å²) in [6, 6.07) is 0.122. The molecule has 2 rings (SSSR count). The Hall–Kier alpha value is -6.03. The second-order valence-corrected chi connectivity index (χ2v) is 21.9. The number of ether oxygens (including phenoxy) is 4. The Morgan fingerprint density at radius 1 is 0.842 bits per heavy atom. The third-order valence-corrected chi connectivity index (χ3v) is 14.5. The monoisotopic (exact) mass is 1090 g/mol. The molecule has 1 saturated heterocycles. The topological polar surface area (TPSA) is 300 Å². The summed E-state index contributed by atoms with van der Waals surface area (Å²) >= 11 is 0. The van der Waals surface area contributed by atoms with Crippen LogP contribution in [0, 0.1) is 17.8 Å². The molecule has 24 heteroatoms. The van der Waals surface area contributed by atoms with Gasteiger partial charge in [-0.25, -0.2) is 9.59 Å². The van der Waals surface area contributed by atoms with Crippen molar-refractivity contribution in [1.29, 1.82) is 0 Å². The van der Waals surface area contributed by atoms with E-state index in [0.717, 1.165) is 35.1 Å². The molecule has 1 aromatic carbocycles. The first-order valence-electron chi connectivity index (χ1n) is 25.4. The zero-order valence-corrected chi connectivity index (χ0v) is 47.5. The number of amides is 6. The van der Waals surface area contributed by atoms with Gasteiger partial charge in [-0.05, 0) is 58.4 Å². The van der Waals surface area contributed by atoms with Crippen molar-refractivity contribution in [3.63, 3.8) is 0 Å². The van der Waals surface area contributed by atoms with E-state index in [1.54, 1.807) is 58.0 Å². The van der Waals surface area contributed by atoms with E-state index >= 15 is 4.79 Å². The summed E-state index contributed by atoms with van der Waals surface area (Å²) < 4.78 is 42.4. The molecule has 23 nitrogen and oxygen atoms in total. The molecule has 0 aliphatic carbocycles. The van der Waals surface area contributed by atoms with Crippen molar-refractivity contribution >= 4 is 66.7 Å². The minimum absolute atomic E-state index is 0.223. The van der Waals surface area contributed by atoms with E-state index in [-0.39, 0.29) is 12.6 Å². The highest BCUT2D eigenvalue weighted by Gasteiger charge is 2.47. The molecular weight excluding hydrogens is 1010 g/mol. The van der Waals surface area contributed by atoms with Crippen LogP contribution in [-0.4, -0.2) is 174 Å². The minimum atomic E-state index is -4.34. The van der Waals surface area contributed by atoms with Gasteiger partial charge in [0.15, 0.2) is 18.2 Å². The van der Waals surface area contributed by atoms with Crippen LogP contribution in [-0.2, 0) is 82.4 Å². The van der Waals surface area contributed by atoms with Crippen LogP contribution >= 0.6 is 7.60 Å². The van der Waals surface area contributed by atoms with E-state index < -0.39 is 157 Å². The molecule has 0 radical (unpaired) electrons. The number of methoxy groups -OCH3 is 1. The number of nitrogens with one attached hydrogen (secondary N) is 3. The number of hydrogen-bond donors (Lipinski definition) is 4. The zero-order valence-electron chi connectivity index (χ0n) is 46.6. The summed E-state index contributed by atoms with van der Waals surface area (Å²) in [6.45, 7) is 19.5. The molecule has 12 atom stereocenters. The number of rotatable bonds is 19. The lowest BCUT2D eigenvalue weighted by Crippen LogP contribution is -2.63. The second kappa shape index (κ2) is 30.1. The first-order chi connectivity index (χ1) is 35.3. The third-order valence-electron chi connectivity index (χ3n) is 13.0. The molecule has 6 amide bonds. The number of benzene rings is 1. The van der Waals surface area contributed by atoms with Crippen LogP contribution in [0.1, 0.15) is 107 Å². The highest BCUT2D eigenvalue weighted by Crippen LogP contribution is 2.47. The van der Waals surface area contributed by atoms with Crippen LogP contribution in [0.3, 0.4) is 0 Å². The van der Waals surface area contributed by atoms with Crippen molar-refractivity contribution in [2.24, 2.45) is 17.8 Å². The first-order valence-corrected chi connectivity index (χ1v) is 27.1. The number of carbonyl (C=O) groups is 10. The highest BCUT2D eigenvalue weighted by atomic mass is 31.2. The van der Waals surface area contributed by atoms with Crippen molar-refractivity contribution < 1.29 is 80.9 Å². The number of carbonyl (C=O) groups excluding carboxylic acids is 10. The maximum absolute atomic E-state index is 15.2. The van der Waals surface area contributed by atoms with Gasteiger partial charge in [0, 0.05) is 54.2 Å². The molecule has 1 unspecified atom stereocenters. The fourth-order valence-electron chi connectivity index (χ4n) is 8.27. The van der Waals surface area contributed by atoms with Crippen LogP contribution in [0.25, 0.3) is 0 Å². The molecule has 1 fully saturated rings. The molecule has 426 valence electrons. The van der Waals surface area contributed by atoms with Gasteiger partial charge in [-0.3, -0.25) is 38.1 Å². The van der Waals surface area contributed by atoms with E-state index in [0.29, 0.717) is 18.4 Å². The molecule has 0 bridgehead atoms. The number of likely N-dealkylation sites (N-methyl/N-ethyl adjacent to an activating group) is 3. The summed E-state index contributed by atoms with van der Waals surface area (Å²) in [7, 11) is 0.478. The van der Waals surface area contributed by atoms with Crippen molar-refractivity contribution in [3.05, 3.63) is 48.2 Å². The Morgan fingerprint density at radius 2 is 1.45 bits per heavy atom. The normalized spacial score (nSPS) is 24.7. The number of Topliss-reactive ketones (excluding diaryl/α,β-unsaturated/α-hetero) is 1. The number of unbranched alkanes of at least 4 members (excludes halogenated alkanes) is 2. The molecule has 0 spiro atoms. The quantitative estimate of drug-likeness (QED) is 0.0509. The second-order valence-electron chi connectivity index (χ2n) is 20.0. The molecule has 76 heavy (non-hydrogen) atoms. The lowest BCUT2D eigenvalue weighted by atomic mass is 9.89. The first kappa shape index (κ1) is 66.1. The Labute approximate surface area is 446 Å².